The molecule has 3 nitrogen and oxygen atoms in total. The van der Waals surface area contributed by atoms with E-state index in [4.69, 9.17) is 27.9 Å². The van der Waals surface area contributed by atoms with Gasteiger partial charge in [0, 0.05) is 17.1 Å². The van der Waals surface area contributed by atoms with E-state index in [1.165, 1.54) is 0 Å². The summed E-state index contributed by atoms with van der Waals surface area (Å²) in [6.45, 7) is 3.54. The molecule has 2 unspecified atom stereocenters. The van der Waals surface area contributed by atoms with Crippen LogP contribution in [0.4, 0.5) is 0 Å². The monoisotopic (exact) mass is 317 g/mol. The van der Waals surface area contributed by atoms with Gasteiger partial charge in [-0.25, -0.2) is 0 Å². The number of benzene rings is 1. The molecule has 0 amide bonds. The Labute approximate surface area is 130 Å². The number of rotatable bonds is 5. The summed E-state index contributed by atoms with van der Waals surface area (Å²) in [6.07, 6.45) is 3.19. The van der Waals surface area contributed by atoms with Gasteiger partial charge >= 0.3 is 0 Å². The molecule has 5 heteroatoms. The van der Waals surface area contributed by atoms with Crippen molar-refractivity contribution in [3.05, 3.63) is 27.7 Å². The number of aliphatic hydroxyl groups is 1. The van der Waals surface area contributed by atoms with Gasteiger partial charge in [-0.05, 0) is 37.9 Å². The van der Waals surface area contributed by atoms with Gasteiger partial charge < -0.3 is 15.2 Å². The highest BCUT2D eigenvalue weighted by atomic mass is 35.5. The van der Waals surface area contributed by atoms with Crippen LogP contribution in [0.3, 0.4) is 0 Å². The van der Waals surface area contributed by atoms with Crippen molar-refractivity contribution in [2.75, 3.05) is 6.54 Å². The van der Waals surface area contributed by atoms with E-state index in [9.17, 15) is 5.11 Å². The van der Waals surface area contributed by atoms with Crippen LogP contribution < -0.4 is 10.1 Å². The standard InChI is InChI=1S/C15H21Cl2NO2/c1-2-18-9-10-7-11(16)8-12(17)15(10)20-14-6-4-3-5-13(14)19/h7-8,13-14,18-19H,2-6,9H2,1H3. The van der Waals surface area contributed by atoms with Crippen LogP contribution in [0.2, 0.25) is 10.0 Å². The molecule has 2 N–H and O–H groups in total. The molecule has 1 aromatic carbocycles. The van der Waals surface area contributed by atoms with Gasteiger partial charge in [0.15, 0.2) is 0 Å². The molecule has 1 fully saturated rings. The summed E-state index contributed by atoms with van der Waals surface area (Å²) in [5.41, 5.74) is 0.933. The molecule has 0 saturated heterocycles. The molecule has 2 rings (SSSR count). The first-order chi connectivity index (χ1) is 9.61. The van der Waals surface area contributed by atoms with E-state index in [2.05, 4.69) is 5.32 Å². The van der Waals surface area contributed by atoms with Crippen LogP contribution in [0.1, 0.15) is 38.2 Å². The van der Waals surface area contributed by atoms with Crippen LogP contribution in [-0.4, -0.2) is 23.9 Å². The van der Waals surface area contributed by atoms with Crippen molar-refractivity contribution in [1.29, 1.82) is 0 Å². The molecule has 0 bridgehead atoms. The number of aliphatic hydroxyl groups excluding tert-OH is 1. The molecule has 1 aromatic rings. The highest BCUT2D eigenvalue weighted by Crippen LogP contribution is 2.35. The smallest absolute Gasteiger partial charge is 0.143 e. The normalized spacial score (nSPS) is 22.8. The lowest BCUT2D eigenvalue weighted by atomic mass is 9.95. The van der Waals surface area contributed by atoms with Gasteiger partial charge in [0.1, 0.15) is 11.9 Å². The maximum Gasteiger partial charge on any atom is 0.143 e. The van der Waals surface area contributed by atoms with Crippen LogP contribution in [0.5, 0.6) is 5.75 Å². The lowest BCUT2D eigenvalue weighted by Gasteiger charge is -2.29. The van der Waals surface area contributed by atoms with Crippen molar-refractivity contribution in [2.24, 2.45) is 0 Å². The van der Waals surface area contributed by atoms with Crippen molar-refractivity contribution in [3.63, 3.8) is 0 Å². The number of hydrogen-bond acceptors (Lipinski definition) is 3. The summed E-state index contributed by atoms with van der Waals surface area (Å²) in [5.74, 6) is 0.642. The summed E-state index contributed by atoms with van der Waals surface area (Å²) in [5, 5.41) is 14.4. The average molecular weight is 318 g/mol. The van der Waals surface area contributed by atoms with E-state index in [0.717, 1.165) is 37.8 Å². The van der Waals surface area contributed by atoms with Crippen LogP contribution in [0.15, 0.2) is 12.1 Å². The summed E-state index contributed by atoms with van der Waals surface area (Å²) < 4.78 is 6.00. The Morgan fingerprint density at radius 1 is 1.30 bits per heavy atom. The molecule has 0 aromatic heterocycles. The van der Waals surface area contributed by atoms with Gasteiger partial charge in [0.2, 0.25) is 0 Å². The maximum absolute atomic E-state index is 10.0. The van der Waals surface area contributed by atoms with Gasteiger partial charge in [0.25, 0.3) is 0 Å². The summed E-state index contributed by atoms with van der Waals surface area (Å²) in [6, 6.07) is 3.55. The molecule has 20 heavy (non-hydrogen) atoms. The lowest BCUT2D eigenvalue weighted by molar-refractivity contribution is 0.00642. The third kappa shape index (κ3) is 4.01. The Morgan fingerprint density at radius 3 is 2.75 bits per heavy atom. The molecule has 112 valence electrons. The second-order valence-electron chi connectivity index (χ2n) is 5.16. The highest BCUT2D eigenvalue weighted by Gasteiger charge is 2.26. The molecule has 1 aliphatic carbocycles. The summed E-state index contributed by atoms with van der Waals surface area (Å²) in [7, 11) is 0. The van der Waals surface area contributed by atoms with E-state index in [-0.39, 0.29) is 6.10 Å². The van der Waals surface area contributed by atoms with E-state index < -0.39 is 6.10 Å². The highest BCUT2D eigenvalue weighted by molar-refractivity contribution is 6.35. The zero-order valence-corrected chi connectivity index (χ0v) is 13.2. The van der Waals surface area contributed by atoms with Gasteiger partial charge in [-0.15, -0.1) is 0 Å². The predicted molar refractivity (Wildman–Crippen MR) is 82.7 cm³/mol. The molecule has 0 heterocycles. The molecule has 1 aliphatic rings. The minimum atomic E-state index is -0.414. The van der Waals surface area contributed by atoms with Crippen molar-refractivity contribution < 1.29 is 9.84 Å². The van der Waals surface area contributed by atoms with Crippen LogP contribution in [0, 0.1) is 0 Å². The van der Waals surface area contributed by atoms with E-state index in [1.807, 2.05) is 13.0 Å². The van der Waals surface area contributed by atoms with E-state index in [0.29, 0.717) is 22.3 Å². The molecule has 0 aliphatic heterocycles. The van der Waals surface area contributed by atoms with Crippen LogP contribution in [0.25, 0.3) is 0 Å². The summed E-state index contributed by atoms with van der Waals surface area (Å²) >= 11 is 12.3. The van der Waals surface area contributed by atoms with Crippen molar-refractivity contribution >= 4 is 23.2 Å². The quantitative estimate of drug-likeness (QED) is 0.868. The number of halogens is 2. The number of hydrogen-bond donors (Lipinski definition) is 2. The average Bonchev–Trinajstić information content (AvgIpc) is 2.41. The molecule has 1 saturated carbocycles. The molecular formula is C15H21Cl2NO2. The van der Waals surface area contributed by atoms with Crippen LogP contribution >= 0.6 is 23.2 Å². The van der Waals surface area contributed by atoms with Crippen molar-refractivity contribution in [3.8, 4) is 5.75 Å². The zero-order valence-electron chi connectivity index (χ0n) is 11.7. The Morgan fingerprint density at radius 2 is 2.05 bits per heavy atom. The van der Waals surface area contributed by atoms with Crippen molar-refractivity contribution in [2.45, 2.75) is 51.4 Å². The minimum Gasteiger partial charge on any atom is -0.486 e. The Bertz CT molecular complexity index is 454. The summed E-state index contributed by atoms with van der Waals surface area (Å²) in [4.78, 5) is 0. The topological polar surface area (TPSA) is 41.5 Å². The van der Waals surface area contributed by atoms with Crippen LogP contribution in [-0.2, 0) is 6.54 Å². The fourth-order valence-electron chi connectivity index (χ4n) is 2.50. The lowest BCUT2D eigenvalue weighted by Crippen LogP contribution is -2.35. The van der Waals surface area contributed by atoms with Gasteiger partial charge in [0.05, 0.1) is 11.1 Å². The Balaban J connectivity index is 2.19. The maximum atomic E-state index is 10.0. The molecule has 2 atom stereocenters. The van der Waals surface area contributed by atoms with Crippen molar-refractivity contribution in [1.82, 2.24) is 5.32 Å². The first kappa shape index (κ1) is 15.9. The minimum absolute atomic E-state index is 0.178. The molecule has 0 radical (unpaired) electrons. The predicted octanol–water partition coefficient (Wildman–Crippen LogP) is 3.79. The zero-order chi connectivity index (χ0) is 14.5. The van der Waals surface area contributed by atoms with Gasteiger partial charge in [-0.1, -0.05) is 36.5 Å². The van der Waals surface area contributed by atoms with Gasteiger partial charge in [-0.2, -0.15) is 0 Å². The first-order valence-corrected chi connectivity index (χ1v) is 7.90. The third-order valence-electron chi connectivity index (χ3n) is 3.59. The first-order valence-electron chi connectivity index (χ1n) is 7.15. The third-order valence-corrected chi connectivity index (χ3v) is 4.09. The van der Waals surface area contributed by atoms with E-state index >= 15 is 0 Å². The largest absolute Gasteiger partial charge is 0.486 e. The fraction of sp³-hybridized carbons (Fsp3) is 0.600. The molecular weight excluding hydrogens is 297 g/mol. The van der Waals surface area contributed by atoms with E-state index in [1.54, 1.807) is 6.07 Å². The molecule has 0 spiro atoms. The SMILES string of the molecule is CCNCc1cc(Cl)cc(Cl)c1OC1CCCCC1O. The number of ether oxygens (including phenoxy) is 1. The Kier molecular flexibility index (Phi) is 5.97. The Hall–Kier alpha value is -0.480. The second-order valence-corrected chi connectivity index (χ2v) is 6.01. The number of nitrogens with one attached hydrogen (secondary N) is 1. The second kappa shape index (κ2) is 7.51. The fourth-order valence-corrected chi connectivity index (χ4v) is 3.08. The van der Waals surface area contributed by atoms with Gasteiger partial charge in [-0.3, -0.25) is 0 Å².